The number of halogens is 3. The van der Waals surface area contributed by atoms with Crippen molar-refractivity contribution in [3.63, 3.8) is 0 Å². The van der Waals surface area contributed by atoms with E-state index in [-0.39, 0.29) is 22.6 Å². The number of hydrogen-bond acceptors (Lipinski definition) is 1. The van der Waals surface area contributed by atoms with Crippen molar-refractivity contribution in [3.05, 3.63) is 0 Å². The number of nitrogens with one attached hydrogen (secondary N) is 1. The Labute approximate surface area is 173 Å². The van der Waals surface area contributed by atoms with Crippen molar-refractivity contribution in [1.82, 2.24) is 5.32 Å². The molecule has 0 aliphatic heterocycles. The molecule has 0 bridgehead atoms. The van der Waals surface area contributed by atoms with Crippen LogP contribution in [0.2, 0.25) is 0 Å². The normalized spacial score (nSPS) is 37.6. The van der Waals surface area contributed by atoms with Crippen molar-refractivity contribution in [2.45, 2.75) is 97.8 Å². The van der Waals surface area contributed by atoms with Gasteiger partial charge in [0.25, 0.3) is 21.2 Å². The SMILES string of the molecule is O=C(NC1CCC(C[I+]C2CCCCC2)CC1)C1CCC(Cl)C(Cl)C1. The third-order valence-electron chi connectivity index (χ3n) is 6.32. The zero-order valence-electron chi connectivity index (χ0n) is 15.2. The van der Waals surface area contributed by atoms with Crippen LogP contribution in [0.15, 0.2) is 0 Å². The lowest BCUT2D eigenvalue weighted by Gasteiger charge is -2.32. The van der Waals surface area contributed by atoms with E-state index < -0.39 is 0 Å². The largest absolute Gasteiger partial charge is 0.353 e. The summed E-state index contributed by atoms with van der Waals surface area (Å²) in [5.74, 6) is 1.25. The van der Waals surface area contributed by atoms with Gasteiger partial charge < -0.3 is 5.32 Å². The summed E-state index contributed by atoms with van der Waals surface area (Å²) in [4.78, 5) is 12.5. The standard InChI is InChI=1S/C20H32Cl2INO/c21-18-11-8-15(12-19(18)22)20(25)24-17-9-6-14(7-10-17)13-23-16-4-2-1-3-5-16/h14-19H,1-13H2/p+1. The van der Waals surface area contributed by atoms with E-state index >= 15 is 0 Å². The van der Waals surface area contributed by atoms with E-state index in [1.54, 1.807) is 0 Å². The fraction of sp³-hybridized carbons (Fsp3) is 0.950. The van der Waals surface area contributed by atoms with Gasteiger partial charge in [0, 0.05) is 23.3 Å². The lowest BCUT2D eigenvalue weighted by atomic mass is 9.85. The first-order chi connectivity index (χ1) is 12.1. The molecule has 3 rings (SSSR count). The Morgan fingerprint density at radius 1 is 0.880 bits per heavy atom. The second kappa shape index (κ2) is 10.4. The fourth-order valence-electron chi connectivity index (χ4n) is 4.56. The summed E-state index contributed by atoms with van der Waals surface area (Å²) >= 11 is 12.8. The lowest BCUT2D eigenvalue weighted by Crippen LogP contribution is -3.66. The average molecular weight is 501 g/mol. The third kappa shape index (κ3) is 6.41. The highest BCUT2D eigenvalue weighted by molar-refractivity contribution is 6.30. The molecule has 0 heterocycles. The highest BCUT2D eigenvalue weighted by Gasteiger charge is 2.34. The molecule has 3 atom stereocenters. The molecule has 25 heavy (non-hydrogen) atoms. The predicted octanol–water partition coefficient (Wildman–Crippen LogP) is 2.10. The van der Waals surface area contributed by atoms with Gasteiger partial charge in [0.2, 0.25) is 5.91 Å². The molecule has 0 spiro atoms. The Kier molecular flexibility index (Phi) is 8.50. The van der Waals surface area contributed by atoms with Gasteiger partial charge in [-0.1, -0.05) is 6.42 Å². The van der Waals surface area contributed by atoms with Crippen molar-refractivity contribution < 1.29 is 26.0 Å². The second-order valence-corrected chi connectivity index (χ2v) is 13.0. The van der Waals surface area contributed by atoms with Crippen molar-refractivity contribution in [1.29, 1.82) is 0 Å². The van der Waals surface area contributed by atoms with E-state index in [9.17, 15) is 4.79 Å². The van der Waals surface area contributed by atoms with E-state index in [1.165, 1.54) is 62.2 Å². The Balaban J connectivity index is 1.32. The molecule has 0 aromatic heterocycles. The summed E-state index contributed by atoms with van der Waals surface area (Å²) in [5.41, 5.74) is 0. The Morgan fingerprint density at radius 2 is 1.60 bits per heavy atom. The molecule has 3 saturated carbocycles. The highest BCUT2D eigenvalue weighted by Crippen LogP contribution is 2.32. The lowest BCUT2D eigenvalue weighted by molar-refractivity contribution is -0.697. The molecule has 3 aliphatic rings. The zero-order chi connectivity index (χ0) is 17.6. The summed E-state index contributed by atoms with van der Waals surface area (Å²) in [6.07, 6.45) is 15.0. The van der Waals surface area contributed by atoms with E-state index in [4.69, 9.17) is 23.2 Å². The van der Waals surface area contributed by atoms with Crippen LogP contribution >= 0.6 is 23.2 Å². The van der Waals surface area contributed by atoms with Crippen LogP contribution in [-0.4, -0.2) is 31.1 Å². The van der Waals surface area contributed by atoms with Crippen LogP contribution in [0.5, 0.6) is 0 Å². The van der Waals surface area contributed by atoms with Crippen molar-refractivity contribution in [3.8, 4) is 0 Å². The van der Waals surface area contributed by atoms with Crippen molar-refractivity contribution in [2.24, 2.45) is 11.8 Å². The number of carbonyl (C=O) groups excluding carboxylic acids is 1. The number of amides is 1. The maximum absolute atomic E-state index is 12.5. The van der Waals surface area contributed by atoms with Crippen molar-refractivity contribution >= 4 is 29.1 Å². The maximum Gasteiger partial charge on any atom is 0.272 e. The van der Waals surface area contributed by atoms with Crippen LogP contribution in [0.4, 0.5) is 0 Å². The highest BCUT2D eigenvalue weighted by atomic mass is 127. The third-order valence-corrected chi connectivity index (χ3v) is 11.7. The van der Waals surface area contributed by atoms with E-state index in [2.05, 4.69) is 5.32 Å². The van der Waals surface area contributed by atoms with Gasteiger partial charge in [-0.05, 0) is 70.6 Å². The molecule has 1 amide bonds. The number of carbonyl (C=O) groups is 1. The summed E-state index contributed by atoms with van der Waals surface area (Å²) in [6.45, 7) is 0. The minimum absolute atomic E-state index is 0.0358. The van der Waals surface area contributed by atoms with Gasteiger partial charge in [-0.15, -0.1) is 23.2 Å². The van der Waals surface area contributed by atoms with Crippen LogP contribution in [-0.2, 0) is 4.79 Å². The van der Waals surface area contributed by atoms with Gasteiger partial charge in [-0.3, -0.25) is 4.79 Å². The molecule has 5 heteroatoms. The molecule has 0 saturated heterocycles. The Hall–Kier alpha value is 0.780. The summed E-state index contributed by atoms with van der Waals surface area (Å²) in [7, 11) is 0. The van der Waals surface area contributed by atoms with Crippen LogP contribution in [0, 0.1) is 11.8 Å². The minimum Gasteiger partial charge on any atom is -0.353 e. The monoisotopic (exact) mass is 500 g/mol. The Bertz CT molecular complexity index is 422. The maximum atomic E-state index is 12.5. The van der Waals surface area contributed by atoms with Crippen LogP contribution < -0.4 is 26.5 Å². The fourth-order valence-corrected chi connectivity index (χ4v) is 9.21. The minimum atomic E-state index is -0.0504. The van der Waals surface area contributed by atoms with E-state index in [0.29, 0.717) is 27.2 Å². The van der Waals surface area contributed by atoms with Crippen LogP contribution in [0.3, 0.4) is 0 Å². The first-order valence-electron chi connectivity index (χ1n) is 10.3. The van der Waals surface area contributed by atoms with Gasteiger partial charge in [0.05, 0.1) is 5.38 Å². The molecule has 144 valence electrons. The van der Waals surface area contributed by atoms with Crippen LogP contribution in [0.25, 0.3) is 0 Å². The van der Waals surface area contributed by atoms with Crippen molar-refractivity contribution in [2.75, 3.05) is 4.43 Å². The second-order valence-electron chi connectivity index (χ2n) is 8.31. The molecule has 0 radical (unpaired) electrons. The number of alkyl halides is 4. The molecule has 0 aromatic carbocycles. The summed E-state index contributed by atoms with van der Waals surface area (Å²) in [5, 5.41) is 3.30. The molecule has 1 N–H and O–H groups in total. The van der Waals surface area contributed by atoms with Gasteiger partial charge in [-0.25, -0.2) is 0 Å². The van der Waals surface area contributed by atoms with Gasteiger partial charge in [-0.2, -0.15) is 0 Å². The molecular formula is C20H33Cl2INO+. The zero-order valence-corrected chi connectivity index (χ0v) is 18.9. The molecule has 2 nitrogen and oxygen atoms in total. The smallest absolute Gasteiger partial charge is 0.272 e. The average Bonchev–Trinajstić information content (AvgIpc) is 2.64. The van der Waals surface area contributed by atoms with E-state index in [1.807, 2.05) is 0 Å². The molecular weight excluding hydrogens is 468 g/mol. The molecule has 3 unspecified atom stereocenters. The molecule has 3 aliphatic carbocycles. The van der Waals surface area contributed by atoms with Gasteiger partial charge >= 0.3 is 0 Å². The number of hydrogen-bond donors (Lipinski definition) is 1. The van der Waals surface area contributed by atoms with Gasteiger partial charge in [0.15, 0.2) is 3.92 Å². The molecule has 0 aromatic rings. The first-order valence-corrected chi connectivity index (χ1v) is 13.9. The number of rotatable bonds is 5. The quantitative estimate of drug-likeness (QED) is 0.454. The summed E-state index contributed by atoms with van der Waals surface area (Å²) < 4.78 is 2.64. The van der Waals surface area contributed by atoms with E-state index in [0.717, 1.165) is 29.1 Å². The van der Waals surface area contributed by atoms with Gasteiger partial charge in [0.1, 0.15) is 4.43 Å². The first kappa shape index (κ1) is 20.5. The van der Waals surface area contributed by atoms with Crippen LogP contribution in [0.1, 0.15) is 77.0 Å². The predicted molar refractivity (Wildman–Crippen MR) is 102 cm³/mol. The summed E-state index contributed by atoms with van der Waals surface area (Å²) in [6, 6.07) is 0.402. The molecule has 3 fully saturated rings. The topological polar surface area (TPSA) is 29.1 Å². The Morgan fingerprint density at radius 3 is 2.28 bits per heavy atom.